The SMILES string of the molecule is c1cc2c(cc1CCN1CCCC1)CNCC2. The molecule has 0 atom stereocenters. The van der Waals surface area contributed by atoms with Gasteiger partial charge in [-0.25, -0.2) is 0 Å². The maximum absolute atomic E-state index is 3.45. The summed E-state index contributed by atoms with van der Waals surface area (Å²) in [6.07, 6.45) is 5.21. The highest BCUT2D eigenvalue weighted by Gasteiger charge is 2.12. The molecule has 2 aliphatic rings. The molecule has 2 heteroatoms. The molecule has 0 aliphatic carbocycles. The normalized spacial score (nSPS) is 20.5. The summed E-state index contributed by atoms with van der Waals surface area (Å²) in [5.41, 5.74) is 4.59. The van der Waals surface area contributed by atoms with E-state index in [1.807, 2.05) is 0 Å². The number of benzene rings is 1. The Labute approximate surface area is 104 Å². The summed E-state index contributed by atoms with van der Waals surface area (Å²) < 4.78 is 0. The van der Waals surface area contributed by atoms with Crippen molar-refractivity contribution in [2.24, 2.45) is 0 Å². The zero-order valence-corrected chi connectivity index (χ0v) is 10.5. The molecule has 3 rings (SSSR count). The van der Waals surface area contributed by atoms with Crippen LogP contribution >= 0.6 is 0 Å². The second-order valence-electron chi connectivity index (χ2n) is 5.33. The van der Waals surface area contributed by atoms with E-state index in [1.165, 1.54) is 56.4 Å². The summed E-state index contributed by atoms with van der Waals surface area (Å²) in [6.45, 7) is 6.07. The van der Waals surface area contributed by atoms with Gasteiger partial charge in [0.2, 0.25) is 0 Å². The van der Waals surface area contributed by atoms with Crippen LogP contribution in [0.15, 0.2) is 18.2 Å². The van der Waals surface area contributed by atoms with Crippen LogP contribution in [0.2, 0.25) is 0 Å². The van der Waals surface area contributed by atoms with E-state index in [-0.39, 0.29) is 0 Å². The summed E-state index contributed by atoms with van der Waals surface area (Å²) in [5.74, 6) is 0. The minimum atomic E-state index is 1.06. The molecule has 17 heavy (non-hydrogen) atoms. The molecule has 1 aromatic rings. The summed E-state index contributed by atoms with van der Waals surface area (Å²) in [6, 6.07) is 7.09. The molecule has 1 fully saturated rings. The summed E-state index contributed by atoms with van der Waals surface area (Å²) >= 11 is 0. The number of fused-ring (bicyclic) bond motifs is 1. The van der Waals surface area contributed by atoms with Gasteiger partial charge in [-0.2, -0.15) is 0 Å². The van der Waals surface area contributed by atoms with Crippen molar-refractivity contribution in [1.29, 1.82) is 0 Å². The van der Waals surface area contributed by atoms with Gasteiger partial charge in [0.15, 0.2) is 0 Å². The molecule has 2 nitrogen and oxygen atoms in total. The van der Waals surface area contributed by atoms with Gasteiger partial charge in [-0.1, -0.05) is 18.2 Å². The van der Waals surface area contributed by atoms with E-state index in [2.05, 4.69) is 28.4 Å². The summed E-state index contributed by atoms with van der Waals surface area (Å²) in [4.78, 5) is 2.59. The first kappa shape index (κ1) is 11.2. The van der Waals surface area contributed by atoms with E-state index in [0.717, 1.165) is 13.1 Å². The van der Waals surface area contributed by atoms with E-state index in [1.54, 1.807) is 5.56 Å². The van der Waals surface area contributed by atoms with Crippen LogP contribution in [0.3, 0.4) is 0 Å². The molecular formula is C15H22N2. The van der Waals surface area contributed by atoms with Crippen molar-refractivity contribution in [3.63, 3.8) is 0 Å². The first-order valence-corrected chi connectivity index (χ1v) is 6.95. The van der Waals surface area contributed by atoms with E-state index >= 15 is 0 Å². The fraction of sp³-hybridized carbons (Fsp3) is 0.600. The Hall–Kier alpha value is -0.860. The third-order valence-corrected chi connectivity index (χ3v) is 4.07. The van der Waals surface area contributed by atoms with Crippen molar-refractivity contribution in [3.8, 4) is 0 Å². The van der Waals surface area contributed by atoms with Gasteiger partial charge in [-0.05, 0) is 62.0 Å². The maximum Gasteiger partial charge on any atom is 0.0208 e. The second kappa shape index (κ2) is 5.19. The maximum atomic E-state index is 3.45. The fourth-order valence-electron chi connectivity index (χ4n) is 2.98. The molecule has 0 amide bonds. The van der Waals surface area contributed by atoms with Crippen LogP contribution in [0.4, 0.5) is 0 Å². The second-order valence-corrected chi connectivity index (χ2v) is 5.33. The van der Waals surface area contributed by atoms with Crippen LogP contribution in [-0.2, 0) is 19.4 Å². The minimum absolute atomic E-state index is 1.06. The molecule has 0 unspecified atom stereocenters. The van der Waals surface area contributed by atoms with E-state index in [4.69, 9.17) is 0 Å². The molecule has 0 aromatic heterocycles. The number of hydrogen-bond acceptors (Lipinski definition) is 2. The van der Waals surface area contributed by atoms with Gasteiger partial charge in [-0.3, -0.25) is 0 Å². The molecular weight excluding hydrogens is 208 g/mol. The lowest BCUT2D eigenvalue weighted by atomic mass is 9.97. The van der Waals surface area contributed by atoms with Gasteiger partial charge < -0.3 is 10.2 Å². The highest BCUT2D eigenvalue weighted by molar-refractivity contribution is 5.33. The molecule has 2 heterocycles. The monoisotopic (exact) mass is 230 g/mol. The van der Waals surface area contributed by atoms with Gasteiger partial charge in [0.1, 0.15) is 0 Å². The zero-order chi connectivity index (χ0) is 11.5. The predicted octanol–water partition coefficient (Wildman–Crippen LogP) is 1.97. The highest BCUT2D eigenvalue weighted by Crippen LogP contribution is 2.17. The molecule has 0 spiro atoms. The van der Waals surface area contributed by atoms with Crippen molar-refractivity contribution in [2.45, 2.75) is 32.2 Å². The van der Waals surface area contributed by atoms with Gasteiger partial charge in [-0.15, -0.1) is 0 Å². The highest BCUT2D eigenvalue weighted by atomic mass is 15.1. The van der Waals surface area contributed by atoms with Gasteiger partial charge in [0, 0.05) is 13.1 Å². The van der Waals surface area contributed by atoms with E-state index in [0.29, 0.717) is 0 Å². The first-order valence-electron chi connectivity index (χ1n) is 6.95. The summed E-state index contributed by atoms with van der Waals surface area (Å²) in [5, 5.41) is 3.45. The average Bonchev–Trinajstić information content (AvgIpc) is 2.89. The number of likely N-dealkylation sites (tertiary alicyclic amines) is 1. The quantitative estimate of drug-likeness (QED) is 0.854. The van der Waals surface area contributed by atoms with Gasteiger partial charge >= 0.3 is 0 Å². The molecule has 92 valence electrons. The third-order valence-electron chi connectivity index (χ3n) is 4.07. The van der Waals surface area contributed by atoms with E-state index < -0.39 is 0 Å². The van der Waals surface area contributed by atoms with Crippen molar-refractivity contribution < 1.29 is 0 Å². The lowest BCUT2D eigenvalue weighted by Gasteiger charge is -2.19. The molecule has 2 aliphatic heterocycles. The Morgan fingerprint density at radius 1 is 1.12 bits per heavy atom. The van der Waals surface area contributed by atoms with Gasteiger partial charge in [0.05, 0.1) is 0 Å². The van der Waals surface area contributed by atoms with Crippen molar-refractivity contribution in [3.05, 3.63) is 34.9 Å². The number of nitrogens with one attached hydrogen (secondary N) is 1. The third kappa shape index (κ3) is 2.70. The van der Waals surface area contributed by atoms with Crippen molar-refractivity contribution in [1.82, 2.24) is 10.2 Å². The van der Waals surface area contributed by atoms with Crippen molar-refractivity contribution >= 4 is 0 Å². The number of nitrogens with zero attached hydrogens (tertiary/aromatic N) is 1. The lowest BCUT2D eigenvalue weighted by Crippen LogP contribution is -2.24. The smallest absolute Gasteiger partial charge is 0.0208 e. The standard InChI is InChI=1S/C15H22N2/c1-2-9-17(8-1)10-6-13-3-4-14-5-7-16-12-15(14)11-13/h3-4,11,16H,1-2,5-10,12H2. The summed E-state index contributed by atoms with van der Waals surface area (Å²) in [7, 11) is 0. The van der Waals surface area contributed by atoms with Crippen molar-refractivity contribution in [2.75, 3.05) is 26.2 Å². The number of hydrogen-bond donors (Lipinski definition) is 1. The van der Waals surface area contributed by atoms with Gasteiger partial charge in [0.25, 0.3) is 0 Å². The predicted molar refractivity (Wildman–Crippen MR) is 71.2 cm³/mol. The largest absolute Gasteiger partial charge is 0.312 e. The average molecular weight is 230 g/mol. The Morgan fingerprint density at radius 3 is 2.88 bits per heavy atom. The Balaban J connectivity index is 1.62. The molecule has 0 bridgehead atoms. The van der Waals surface area contributed by atoms with Crippen LogP contribution in [0.25, 0.3) is 0 Å². The zero-order valence-electron chi connectivity index (χ0n) is 10.5. The molecule has 0 saturated carbocycles. The van der Waals surface area contributed by atoms with Crippen LogP contribution in [0.5, 0.6) is 0 Å². The fourth-order valence-corrected chi connectivity index (χ4v) is 2.98. The molecule has 1 saturated heterocycles. The Morgan fingerprint density at radius 2 is 2.00 bits per heavy atom. The lowest BCUT2D eigenvalue weighted by molar-refractivity contribution is 0.343. The van der Waals surface area contributed by atoms with Crippen LogP contribution in [-0.4, -0.2) is 31.1 Å². The molecule has 1 N–H and O–H groups in total. The number of rotatable bonds is 3. The topological polar surface area (TPSA) is 15.3 Å². The van der Waals surface area contributed by atoms with Crippen LogP contribution in [0.1, 0.15) is 29.5 Å². The van der Waals surface area contributed by atoms with E-state index in [9.17, 15) is 0 Å². The minimum Gasteiger partial charge on any atom is -0.312 e. The molecule has 1 aromatic carbocycles. The van der Waals surface area contributed by atoms with Crippen LogP contribution in [0, 0.1) is 0 Å². The first-order chi connectivity index (χ1) is 8.42. The Bertz CT molecular complexity index is 381. The van der Waals surface area contributed by atoms with Crippen LogP contribution < -0.4 is 5.32 Å². The Kier molecular flexibility index (Phi) is 3.44. The molecule has 0 radical (unpaired) electrons.